The number of aromatic nitrogens is 4. The van der Waals surface area contributed by atoms with Gasteiger partial charge >= 0.3 is 0 Å². The van der Waals surface area contributed by atoms with Gasteiger partial charge in [0.2, 0.25) is 0 Å². The summed E-state index contributed by atoms with van der Waals surface area (Å²) in [5.41, 5.74) is 21.8. The van der Waals surface area contributed by atoms with E-state index in [0.29, 0.717) is 0 Å². The van der Waals surface area contributed by atoms with E-state index in [4.69, 9.17) is 19.9 Å². The van der Waals surface area contributed by atoms with Gasteiger partial charge in [-0.25, -0.2) is 19.9 Å². The van der Waals surface area contributed by atoms with Gasteiger partial charge in [-0.05, 0) is 146 Å². The van der Waals surface area contributed by atoms with E-state index in [1.807, 2.05) is 6.07 Å². The summed E-state index contributed by atoms with van der Waals surface area (Å²) in [7, 11) is 0. The fourth-order valence-electron chi connectivity index (χ4n) is 16.1. The van der Waals surface area contributed by atoms with Gasteiger partial charge < -0.3 is 0 Å². The molecule has 0 unspecified atom stereocenters. The third-order valence-corrected chi connectivity index (χ3v) is 21.1. The molecule has 0 saturated heterocycles. The molecule has 4 nitrogen and oxygen atoms in total. The van der Waals surface area contributed by atoms with E-state index in [1.54, 1.807) is 0 Å². The van der Waals surface area contributed by atoms with Crippen molar-refractivity contribution in [1.29, 1.82) is 0 Å². The molecule has 0 amide bonds. The van der Waals surface area contributed by atoms with Crippen LogP contribution in [-0.2, 0) is 0 Å². The molecule has 21 aromatic rings. The predicted octanol–water partition coefficient (Wildman–Crippen LogP) is 27.0. The Morgan fingerprint density at radius 2 is 0.462 bits per heavy atom. The molecule has 104 heavy (non-hydrogen) atoms. The van der Waals surface area contributed by atoms with Gasteiger partial charge in [-0.3, -0.25) is 0 Å². The molecule has 0 fully saturated rings. The Kier molecular flexibility index (Phi) is 14.5. The summed E-state index contributed by atoms with van der Waals surface area (Å²) in [5, 5.41) is 21.5. The van der Waals surface area contributed by atoms with Gasteiger partial charge in [0.1, 0.15) is 0 Å². The van der Waals surface area contributed by atoms with Crippen molar-refractivity contribution in [2.45, 2.75) is 0 Å². The van der Waals surface area contributed by atoms with Crippen LogP contribution in [-0.4, -0.2) is 19.9 Å². The monoisotopic (exact) mass is 1320 g/mol. The largest absolute Gasteiger partial charge is 0.248 e. The minimum Gasteiger partial charge on any atom is -0.248 e. The Morgan fingerprint density at radius 1 is 0.144 bits per heavy atom. The molecule has 0 N–H and O–H groups in total. The lowest BCUT2D eigenvalue weighted by atomic mass is 9.88. The zero-order valence-corrected chi connectivity index (χ0v) is 56.6. The minimum absolute atomic E-state index is 0.941. The van der Waals surface area contributed by atoms with Crippen molar-refractivity contribution >= 4 is 119 Å². The SMILES string of the molecule is c1ccc2c(-c3cc4c(-c5cccc6ccccc56)cc(-c5ccc(-c6nc7ccccc7c7ccccc67)cc5)nc4c4ccccc34)cccc2c1.c1ccc2nc(-c3ccc(-c4cc(-c5cccc6ccccc56)c5cc(-c6cccc7ccccc67)c6ccccc6c5n4)cc3)ccc2c1. The van der Waals surface area contributed by atoms with Crippen LogP contribution in [0.1, 0.15) is 0 Å². The summed E-state index contributed by atoms with van der Waals surface area (Å²) in [6, 6.07) is 135. The number of pyridine rings is 4. The van der Waals surface area contributed by atoms with Gasteiger partial charge in [0.15, 0.2) is 0 Å². The van der Waals surface area contributed by atoms with E-state index in [9.17, 15) is 0 Å². The summed E-state index contributed by atoms with van der Waals surface area (Å²) in [6.45, 7) is 0. The van der Waals surface area contributed by atoms with Gasteiger partial charge in [-0.1, -0.05) is 334 Å². The van der Waals surface area contributed by atoms with Crippen molar-refractivity contribution in [2.24, 2.45) is 0 Å². The molecule has 0 saturated carbocycles. The van der Waals surface area contributed by atoms with Crippen LogP contribution in [0.2, 0.25) is 0 Å². The molecule has 0 radical (unpaired) electrons. The molecule has 21 rings (SSSR count). The number of fused-ring (bicyclic) bond motifs is 14. The third kappa shape index (κ3) is 10.4. The van der Waals surface area contributed by atoms with Crippen molar-refractivity contribution < 1.29 is 0 Å². The molecule has 4 heteroatoms. The van der Waals surface area contributed by atoms with E-state index in [-0.39, 0.29) is 0 Å². The van der Waals surface area contributed by atoms with Crippen LogP contribution < -0.4 is 0 Å². The zero-order chi connectivity index (χ0) is 68.6. The number of nitrogens with zero attached hydrogens (tertiary/aromatic N) is 4. The van der Waals surface area contributed by atoms with E-state index < -0.39 is 0 Å². The summed E-state index contributed by atoms with van der Waals surface area (Å²) in [6.07, 6.45) is 0. The number of benzene rings is 17. The van der Waals surface area contributed by atoms with Gasteiger partial charge in [0.25, 0.3) is 0 Å². The molecule has 17 aromatic carbocycles. The lowest BCUT2D eigenvalue weighted by Crippen LogP contribution is -1.94. The van der Waals surface area contributed by atoms with Crippen molar-refractivity contribution in [2.75, 3.05) is 0 Å². The first-order valence-corrected chi connectivity index (χ1v) is 35.6. The maximum atomic E-state index is 5.51. The van der Waals surface area contributed by atoms with E-state index in [1.165, 1.54) is 109 Å². The number of hydrogen-bond donors (Lipinski definition) is 0. The molecule has 0 aliphatic heterocycles. The van der Waals surface area contributed by atoms with Crippen LogP contribution in [0.3, 0.4) is 0 Å². The van der Waals surface area contributed by atoms with Crippen LogP contribution in [0.4, 0.5) is 0 Å². The maximum Gasteiger partial charge on any atom is 0.0794 e. The second kappa shape index (κ2) is 25.1. The molecule has 0 aliphatic carbocycles. The molecular formula is C100H62N4. The maximum absolute atomic E-state index is 5.51. The number of para-hydroxylation sites is 2. The average molecular weight is 1320 g/mol. The first kappa shape index (κ1) is 60.2. The van der Waals surface area contributed by atoms with E-state index >= 15 is 0 Å². The standard InChI is InChI=1S/C52H32N2.C48H30N2/c1-3-17-37-33(13-1)15-11-24-39(37)46-31-48-47(40-25-12-16-34-14-2-4-18-38(34)40)32-50(54-52(48)45-23-8-6-20-42(45)46)35-27-29-36(30-28-35)51-44-22-7-5-19-41(44)43-21-9-10-26-49(43)53-51;1-4-16-36-31(11-1)14-9-20-38(36)42-29-44-43(39-21-10-15-32-12-2-5-17-37(32)39)30-47(50-48(44)41-19-7-6-18-40(41)42)35-25-23-34(24-26-35)46-28-27-33-13-3-8-22-45(33)49-46/h1-32H;1-30H. The van der Waals surface area contributed by atoms with Crippen LogP contribution in [0, 0.1) is 0 Å². The Balaban J connectivity index is 0.000000139. The average Bonchev–Trinajstić information content (AvgIpc) is 0.738. The van der Waals surface area contributed by atoms with Crippen molar-refractivity contribution in [3.63, 3.8) is 0 Å². The van der Waals surface area contributed by atoms with Gasteiger partial charge in [-0.2, -0.15) is 0 Å². The van der Waals surface area contributed by atoms with Crippen LogP contribution in [0.5, 0.6) is 0 Å². The molecule has 0 bridgehead atoms. The lowest BCUT2D eigenvalue weighted by molar-refractivity contribution is 1.38. The quantitative estimate of drug-likeness (QED) is 0.142. The molecule has 482 valence electrons. The fourth-order valence-corrected chi connectivity index (χ4v) is 16.1. The van der Waals surface area contributed by atoms with Crippen LogP contribution >= 0.6 is 0 Å². The first-order valence-electron chi connectivity index (χ1n) is 35.6. The minimum atomic E-state index is 0.941. The topological polar surface area (TPSA) is 51.6 Å². The Labute approximate surface area is 600 Å². The highest BCUT2D eigenvalue weighted by atomic mass is 14.7. The van der Waals surface area contributed by atoms with E-state index in [2.05, 4.69) is 370 Å². The Bertz CT molecular complexity index is 7020. The predicted molar refractivity (Wildman–Crippen MR) is 440 cm³/mol. The zero-order valence-electron chi connectivity index (χ0n) is 56.6. The first-order chi connectivity index (χ1) is 51.6. The highest BCUT2D eigenvalue weighted by Crippen LogP contribution is 2.47. The number of rotatable bonds is 8. The third-order valence-electron chi connectivity index (χ3n) is 21.1. The summed E-state index contributed by atoms with van der Waals surface area (Å²) < 4.78 is 0. The molecule has 0 aliphatic rings. The molecule has 4 heterocycles. The second-order valence-electron chi connectivity index (χ2n) is 27.0. The molecule has 0 atom stereocenters. The van der Waals surface area contributed by atoms with Crippen LogP contribution in [0.15, 0.2) is 376 Å². The number of hydrogen-bond acceptors (Lipinski definition) is 4. The van der Waals surface area contributed by atoms with Gasteiger partial charge in [0.05, 0.1) is 44.8 Å². The van der Waals surface area contributed by atoms with E-state index in [0.717, 1.165) is 99.4 Å². The van der Waals surface area contributed by atoms with Crippen molar-refractivity contribution in [3.05, 3.63) is 376 Å². The summed E-state index contributed by atoms with van der Waals surface area (Å²) in [5.74, 6) is 0. The van der Waals surface area contributed by atoms with Crippen LogP contribution in [0.25, 0.3) is 209 Å². The fraction of sp³-hybridized carbons (Fsp3) is 0. The Morgan fingerprint density at radius 3 is 0.904 bits per heavy atom. The van der Waals surface area contributed by atoms with Gasteiger partial charge in [0, 0.05) is 60.0 Å². The van der Waals surface area contributed by atoms with Gasteiger partial charge in [-0.15, -0.1) is 0 Å². The lowest BCUT2D eigenvalue weighted by Gasteiger charge is -2.17. The normalized spacial score (nSPS) is 11.7. The molecular weight excluding hydrogens is 1260 g/mol. The smallest absolute Gasteiger partial charge is 0.0794 e. The van der Waals surface area contributed by atoms with Crippen molar-refractivity contribution in [1.82, 2.24) is 19.9 Å². The second-order valence-corrected chi connectivity index (χ2v) is 27.0. The molecule has 0 spiro atoms. The highest BCUT2D eigenvalue weighted by Gasteiger charge is 2.22. The highest BCUT2D eigenvalue weighted by molar-refractivity contribution is 6.22. The molecule has 4 aromatic heterocycles. The summed E-state index contributed by atoms with van der Waals surface area (Å²) in [4.78, 5) is 21.1. The Hall–Kier alpha value is -13.8. The summed E-state index contributed by atoms with van der Waals surface area (Å²) >= 11 is 0. The van der Waals surface area contributed by atoms with Crippen molar-refractivity contribution in [3.8, 4) is 89.5 Å².